The Balaban J connectivity index is 0.00000484. The summed E-state index contributed by atoms with van der Waals surface area (Å²) in [5.41, 5.74) is 0. The van der Waals surface area contributed by atoms with Gasteiger partial charge in [0.05, 0.1) is 19.3 Å². The Labute approximate surface area is 160 Å². The summed E-state index contributed by atoms with van der Waals surface area (Å²) in [7, 11) is 0. The fraction of sp³-hybridized carbons (Fsp3) is 0.941. The Morgan fingerprint density at radius 2 is 1.96 bits per heavy atom. The van der Waals surface area contributed by atoms with Crippen molar-refractivity contribution in [2.24, 2.45) is 16.8 Å². The number of morpholine rings is 1. The topological polar surface area (TPSA) is 48.9 Å². The summed E-state index contributed by atoms with van der Waals surface area (Å²) < 4.78 is 5.86. The highest BCUT2D eigenvalue weighted by atomic mass is 127. The lowest BCUT2D eigenvalue weighted by Crippen LogP contribution is -2.46. The van der Waals surface area contributed by atoms with Crippen molar-refractivity contribution >= 4 is 29.9 Å². The molecule has 5 nitrogen and oxygen atoms in total. The van der Waals surface area contributed by atoms with Crippen molar-refractivity contribution in [3.8, 4) is 0 Å². The molecule has 2 N–H and O–H groups in total. The fourth-order valence-corrected chi connectivity index (χ4v) is 2.59. The van der Waals surface area contributed by atoms with E-state index in [2.05, 4.69) is 50.2 Å². The SMILES string of the molecule is CCNC(=NCC1CN(CC(C)C)CCO1)NCCC(C)C.I. The lowest BCUT2D eigenvalue weighted by molar-refractivity contribution is -0.0261. The minimum atomic E-state index is 0. The summed E-state index contributed by atoms with van der Waals surface area (Å²) in [6, 6.07) is 0. The molecule has 0 bridgehead atoms. The molecule has 138 valence electrons. The third kappa shape index (κ3) is 11.2. The predicted molar refractivity (Wildman–Crippen MR) is 110 cm³/mol. The van der Waals surface area contributed by atoms with Gasteiger partial charge in [0.25, 0.3) is 0 Å². The van der Waals surface area contributed by atoms with E-state index in [4.69, 9.17) is 9.73 Å². The number of aliphatic imine (C=N–C) groups is 1. The average molecular weight is 440 g/mol. The second kappa shape index (κ2) is 13.2. The standard InChI is InChI=1S/C17H36N4O.HI/c1-6-18-17(19-8-7-14(2)3)20-11-16-13-21(9-10-22-16)12-15(4)5;/h14-16H,6-13H2,1-5H3,(H2,18,19,20);1H. The van der Waals surface area contributed by atoms with Crippen LogP contribution < -0.4 is 10.6 Å². The quantitative estimate of drug-likeness (QED) is 0.346. The first-order chi connectivity index (χ1) is 10.5. The summed E-state index contributed by atoms with van der Waals surface area (Å²) >= 11 is 0. The van der Waals surface area contributed by atoms with Crippen LogP contribution in [0, 0.1) is 11.8 Å². The van der Waals surface area contributed by atoms with E-state index in [9.17, 15) is 0 Å². The van der Waals surface area contributed by atoms with Gasteiger partial charge in [-0.3, -0.25) is 9.89 Å². The minimum Gasteiger partial charge on any atom is -0.374 e. The summed E-state index contributed by atoms with van der Waals surface area (Å²) in [6.45, 7) is 17.7. The molecule has 0 spiro atoms. The Hall–Kier alpha value is -0.0800. The van der Waals surface area contributed by atoms with Crippen molar-refractivity contribution in [2.75, 3.05) is 45.9 Å². The van der Waals surface area contributed by atoms with Gasteiger partial charge in [0.1, 0.15) is 0 Å². The lowest BCUT2D eigenvalue weighted by atomic mass is 10.1. The van der Waals surface area contributed by atoms with Crippen LogP contribution in [0.15, 0.2) is 4.99 Å². The summed E-state index contributed by atoms with van der Waals surface area (Å²) in [6.07, 6.45) is 1.38. The van der Waals surface area contributed by atoms with E-state index in [1.807, 2.05) is 0 Å². The molecule has 0 saturated carbocycles. The summed E-state index contributed by atoms with van der Waals surface area (Å²) in [4.78, 5) is 7.18. The van der Waals surface area contributed by atoms with Gasteiger partial charge < -0.3 is 15.4 Å². The summed E-state index contributed by atoms with van der Waals surface area (Å²) in [5.74, 6) is 2.33. The van der Waals surface area contributed by atoms with Crippen molar-refractivity contribution < 1.29 is 4.74 Å². The van der Waals surface area contributed by atoms with Gasteiger partial charge in [-0.05, 0) is 25.2 Å². The number of ether oxygens (including phenoxy) is 1. The molecule has 1 aliphatic heterocycles. The molecule has 1 fully saturated rings. The zero-order chi connectivity index (χ0) is 16.4. The van der Waals surface area contributed by atoms with E-state index < -0.39 is 0 Å². The van der Waals surface area contributed by atoms with Gasteiger partial charge in [0, 0.05) is 32.7 Å². The van der Waals surface area contributed by atoms with Gasteiger partial charge in [-0.1, -0.05) is 27.7 Å². The van der Waals surface area contributed by atoms with Crippen molar-refractivity contribution in [1.29, 1.82) is 0 Å². The van der Waals surface area contributed by atoms with Crippen LogP contribution in [0.3, 0.4) is 0 Å². The van der Waals surface area contributed by atoms with Gasteiger partial charge in [-0.2, -0.15) is 0 Å². The Morgan fingerprint density at radius 1 is 1.22 bits per heavy atom. The molecule has 0 amide bonds. The Kier molecular flexibility index (Phi) is 13.2. The molecular formula is C17H37IN4O. The van der Waals surface area contributed by atoms with E-state index >= 15 is 0 Å². The van der Waals surface area contributed by atoms with Crippen LogP contribution >= 0.6 is 24.0 Å². The van der Waals surface area contributed by atoms with Crippen molar-refractivity contribution in [1.82, 2.24) is 15.5 Å². The van der Waals surface area contributed by atoms with E-state index in [0.29, 0.717) is 11.8 Å². The zero-order valence-corrected chi connectivity index (χ0v) is 17.9. The molecule has 0 aromatic heterocycles. The average Bonchev–Trinajstić information content (AvgIpc) is 2.44. The molecule has 0 aromatic carbocycles. The molecule has 1 rings (SSSR count). The molecule has 1 atom stereocenters. The third-order valence-corrected chi connectivity index (χ3v) is 3.66. The number of nitrogens with one attached hydrogen (secondary N) is 2. The van der Waals surface area contributed by atoms with Crippen LogP contribution in [0.4, 0.5) is 0 Å². The highest BCUT2D eigenvalue weighted by Gasteiger charge is 2.20. The smallest absolute Gasteiger partial charge is 0.191 e. The second-order valence-electron chi connectivity index (χ2n) is 6.98. The summed E-state index contributed by atoms with van der Waals surface area (Å²) in [5, 5.41) is 6.71. The van der Waals surface area contributed by atoms with Crippen LogP contribution in [-0.4, -0.2) is 62.8 Å². The number of hydrogen-bond acceptors (Lipinski definition) is 3. The van der Waals surface area contributed by atoms with Crippen LogP contribution in [0.2, 0.25) is 0 Å². The van der Waals surface area contributed by atoms with E-state index in [1.54, 1.807) is 0 Å². The number of nitrogens with zero attached hydrogens (tertiary/aromatic N) is 2. The molecule has 0 aliphatic carbocycles. The van der Waals surface area contributed by atoms with Crippen molar-refractivity contribution in [2.45, 2.75) is 47.1 Å². The maximum atomic E-state index is 5.86. The second-order valence-corrected chi connectivity index (χ2v) is 6.98. The fourth-order valence-electron chi connectivity index (χ4n) is 2.59. The van der Waals surface area contributed by atoms with E-state index in [1.165, 1.54) is 0 Å². The van der Waals surface area contributed by atoms with Crippen molar-refractivity contribution in [3.05, 3.63) is 0 Å². The Morgan fingerprint density at radius 3 is 2.57 bits per heavy atom. The minimum absolute atomic E-state index is 0. The molecule has 23 heavy (non-hydrogen) atoms. The van der Waals surface area contributed by atoms with Crippen LogP contribution in [-0.2, 0) is 4.74 Å². The first-order valence-electron chi connectivity index (χ1n) is 8.87. The highest BCUT2D eigenvalue weighted by Crippen LogP contribution is 2.08. The maximum Gasteiger partial charge on any atom is 0.191 e. The van der Waals surface area contributed by atoms with Crippen LogP contribution in [0.1, 0.15) is 41.0 Å². The predicted octanol–water partition coefficient (Wildman–Crippen LogP) is 2.56. The molecule has 6 heteroatoms. The Bertz CT molecular complexity index is 324. The number of guanidine groups is 1. The monoisotopic (exact) mass is 440 g/mol. The maximum absolute atomic E-state index is 5.86. The third-order valence-electron chi connectivity index (χ3n) is 3.66. The van der Waals surface area contributed by atoms with Gasteiger partial charge in [-0.15, -0.1) is 24.0 Å². The molecule has 1 heterocycles. The molecule has 0 radical (unpaired) electrons. The molecular weight excluding hydrogens is 403 g/mol. The molecule has 0 aromatic rings. The number of hydrogen-bond donors (Lipinski definition) is 2. The number of halogens is 1. The van der Waals surface area contributed by atoms with E-state index in [0.717, 1.165) is 58.3 Å². The first kappa shape index (κ1) is 22.9. The molecule has 1 saturated heterocycles. The van der Waals surface area contributed by atoms with Gasteiger partial charge in [0.15, 0.2) is 5.96 Å². The first-order valence-corrected chi connectivity index (χ1v) is 8.87. The lowest BCUT2D eigenvalue weighted by Gasteiger charge is -2.33. The van der Waals surface area contributed by atoms with Gasteiger partial charge >= 0.3 is 0 Å². The molecule has 1 aliphatic rings. The van der Waals surface area contributed by atoms with Crippen LogP contribution in [0.25, 0.3) is 0 Å². The number of rotatable bonds is 8. The largest absolute Gasteiger partial charge is 0.374 e. The van der Waals surface area contributed by atoms with E-state index in [-0.39, 0.29) is 30.1 Å². The normalized spacial score (nSPS) is 19.8. The van der Waals surface area contributed by atoms with Crippen molar-refractivity contribution in [3.63, 3.8) is 0 Å². The highest BCUT2D eigenvalue weighted by molar-refractivity contribution is 14.0. The van der Waals surface area contributed by atoms with Gasteiger partial charge in [0.2, 0.25) is 0 Å². The van der Waals surface area contributed by atoms with Crippen LogP contribution in [0.5, 0.6) is 0 Å². The van der Waals surface area contributed by atoms with Gasteiger partial charge in [-0.25, -0.2) is 0 Å². The zero-order valence-electron chi connectivity index (χ0n) is 15.6. The molecule has 1 unspecified atom stereocenters.